The van der Waals surface area contributed by atoms with Gasteiger partial charge >= 0.3 is 0 Å². The van der Waals surface area contributed by atoms with Crippen molar-refractivity contribution in [2.45, 2.75) is 52.6 Å². The number of halogens is 1. The Morgan fingerprint density at radius 2 is 1.96 bits per heavy atom. The molecule has 154 valence electrons. The fourth-order valence-electron chi connectivity index (χ4n) is 4.13. The van der Waals surface area contributed by atoms with E-state index < -0.39 is 5.82 Å². The highest BCUT2D eigenvalue weighted by Gasteiger charge is 2.27. The lowest BCUT2D eigenvalue weighted by atomic mass is 10.1. The van der Waals surface area contributed by atoms with Gasteiger partial charge in [0.15, 0.2) is 0 Å². The lowest BCUT2D eigenvalue weighted by Crippen LogP contribution is -2.38. The molecule has 6 heteroatoms. The molecule has 1 atom stereocenters. The van der Waals surface area contributed by atoms with E-state index in [0.29, 0.717) is 23.4 Å². The summed E-state index contributed by atoms with van der Waals surface area (Å²) in [6, 6.07) is 4.45. The van der Waals surface area contributed by atoms with E-state index in [4.69, 9.17) is 4.98 Å². The molecular weight excluding hydrogens is 355 g/mol. The van der Waals surface area contributed by atoms with E-state index in [9.17, 15) is 9.18 Å². The topological polar surface area (TPSA) is 41.4 Å². The minimum atomic E-state index is -0.393. The zero-order valence-electron chi connectivity index (χ0n) is 17.6. The monoisotopic (exact) mass is 388 g/mol. The zero-order valence-corrected chi connectivity index (χ0v) is 17.6. The van der Waals surface area contributed by atoms with Crippen LogP contribution in [0.2, 0.25) is 0 Å². The number of nitrogens with zero attached hydrogens (tertiary/aromatic N) is 4. The van der Waals surface area contributed by atoms with Crippen molar-refractivity contribution >= 4 is 10.9 Å². The van der Waals surface area contributed by atoms with Gasteiger partial charge < -0.3 is 4.90 Å². The van der Waals surface area contributed by atoms with Gasteiger partial charge in [0.1, 0.15) is 11.6 Å². The lowest BCUT2D eigenvalue weighted by Gasteiger charge is -2.32. The zero-order chi connectivity index (χ0) is 20.3. The fourth-order valence-corrected chi connectivity index (χ4v) is 4.13. The van der Waals surface area contributed by atoms with Gasteiger partial charge in [0, 0.05) is 26.2 Å². The van der Waals surface area contributed by atoms with Gasteiger partial charge in [-0.15, -0.1) is 0 Å². The quantitative estimate of drug-likeness (QED) is 0.757. The number of fused-ring (bicyclic) bond motifs is 1. The molecule has 28 heavy (non-hydrogen) atoms. The molecule has 1 aromatic carbocycles. The molecule has 1 aromatic heterocycles. The number of rotatable bonds is 6. The highest BCUT2D eigenvalue weighted by Crippen LogP contribution is 2.27. The van der Waals surface area contributed by atoms with Crippen LogP contribution >= 0.6 is 0 Å². The van der Waals surface area contributed by atoms with Gasteiger partial charge in [-0.05, 0) is 50.6 Å². The molecule has 5 nitrogen and oxygen atoms in total. The van der Waals surface area contributed by atoms with Crippen LogP contribution in [0.3, 0.4) is 0 Å². The van der Waals surface area contributed by atoms with Gasteiger partial charge in [0.25, 0.3) is 5.56 Å². The summed E-state index contributed by atoms with van der Waals surface area (Å²) in [5.74, 6) is 0.752. The maximum atomic E-state index is 13.8. The van der Waals surface area contributed by atoms with Gasteiger partial charge in [-0.3, -0.25) is 14.3 Å². The number of hydrogen-bond donors (Lipinski definition) is 0. The lowest BCUT2D eigenvalue weighted by molar-refractivity contribution is 0.178. The Morgan fingerprint density at radius 3 is 2.68 bits per heavy atom. The van der Waals surface area contributed by atoms with Gasteiger partial charge in [0.05, 0.1) is 16.9 Å². The van der Waals surface area contributed by atoms with E-state index in [1.54, 1.807) is 10.6 Å². The number of aromatic nitrogens is 2. The van der Waals surface area contributed by atoms with E-state index in [1.165, 1.54) is 12.1 Å². The summed E-state index contributed by atoms with van der Waals surface area (Å²) in [7, 11) is 2.16. The SMILES string of the molecule is CCCC(c1nc2ccc(F)cc2c(=O)n1CC(C)C)N1CCCN(C)CC1. The van der Waals surface area contributed by atoms with Crippen molar-refractivity contribution in [2.75, 3.05) is 33.2 Å². The summed E-state index contributed by atoms with van der Waals surface area (Å²) < 4.78 is 15.6. The van der Waals surface area contributed by atoms with Gasteiger partial charge in [-0.2, -0.15) is 0 Å². The first-order valence-corrected chi connectivity index (χ1v) is 10.5. The van der Waals surface area contributed by atoms with Crippen LogP contribution in [0.15, 0.2) is 23.0 Å². The second-order valence-electron chi connectivity index (χ2n) is 8.44. The van der Waals surface area contributed by atoms with Gasteiger partial charge in [0.2, 0.25) is 0 Å². The molecule has 2 heterocycles. The first-order chi connectivity index (χ1) is 13.4. The average Bonchev–Trinajstić information content (AvgIpc) is 2.87. The normalized spacial score (nSPS) is 17.9. The molecular formula is C22H33FN4O. The molecule has 0 bridgehead atoms. The summed E-state index contributed by atoms with van der Waals surface area (Å²) in [4.78, 5) is 23.0. The maximum absolute atomic E-state index is 13.8. The fraction of sp³-hybridized carbons (Fsp3) is 0.636. The molecule has 2 aromatic rings. The van der Waals surface area contributed by atoms with Gasteiger partial charge in [-0.25, -0.2) is 9.37 Å². The number of likely N-dealkylation sites (N-methyl/N-ethyl adjacent to an activating group) is 1. The van der Waals surface area contributed by atoms with E-state index in [-0.39, 0.29) is 11.6 Å². The molecule has 1 aliphatic heterocycles. The summed E-state index contributed by atoms with van der Waals surface area (Å²) in [5, 5.41) is 0.371. The van der Waals surface area contributed by atoms with Crippen molar-refractivity contribution < 1.29 is 4.39 Å². The van der Waals surface area contributed by atoms with E-state index in [2.05, 4.69) is 37.6 Å². The predicted octanol–water partition coefficient (Wildman–Crippen LogP) is 3.67. The third-order valence-corrected chi connectivity index (χ3v) is 5.55. The van der Waals surface area contributed by atoms with Crippen LogP contribution < -0.4 is 5.56 Å². The van der Waals surface area contributed by atoms with E-state index in [0.717, 1.165) is 51.3 Å². The molecule has 1 unspecified atom stereocenters. The minimum absolute atomic E-state index is 0.109. The second-order valence-corrected chi connectivity index (χ2v) is 8.44. The van der Waals surface area contributed by atoms with Crippen LogP contribution in [-0.2, 0) is 6.54 Å². The first-order valence-electron chi connectivity index (χ1n) is 10.5. The predicted molar refractivity (Wildman–Crippen MR) is 112 cm³/mol. The molecule has 0 saturated carbocycles. The smallest absolute Gasteiger partial charge is 0.261 e. The Morgan fingerprint density at radius 1 is 1.18 bits per heavy atom. The highest BCUT2D eigenvalue weighted by molar-refractivity contribution is 5.77. The van der Waals surface area contributed by atoms with E-state index >= 15 is 0 Å². The van der Waals surface area contributed by atoms with Crippen LogP contribution in [0.1, 0.15) is 51.9 Å². The minimum Gasteiger partial charge on any atom is -0.305 e. The molecule has 1 fully saturated rings. The largest absolute Gasteiger partial charge is 0.305 e. The van der Waals surface area contributed by atoms with Crippen molar-refractivity contribution in [2.24, 2.45) is 5.92 Å². The standard InChI is InChI=1S/C22H33FN4O/c1-5-7-20(26-11-6-10-25(4)12-13-26)21-24-19-9-8-17(23)14-18(19)22(28)27(21)15-16(2)3/h8-9,14,16,20H,5-7,10-13,15H2,1-4H3. The van der Waals surface area contributed by atoms with Crippen LogP contribution in [0.5, 0.6) is 0 Å². The van der Waals surface area contributed by atoms with Crippen molar-refractivity contribution in [3.8, 4) is 0 Å². The average molecular weight is 389 g/mol. The first kappa shape index (κ1) is 20.9. The molecule has 1 aliphatic rings. The molecule has 0 radical (unpaired) electrons. The number of benzene rings is 1. The van der Waals surface area contributed by atoms with Crippen LogP contribution in [0.4, 0.5) is 4.39 Å². The van der Waals surface area contributed by atoms with Crippen LogP contribution in [-0.4, -0.2) is 52.6 Å². The highest BCUT2D eigenvalue weighted by atomic mass is 19.1. The van der Waals surface area contributed by atoms with Crippen molar-refractivity contribution in [1.29, 1.82) is 0 Å². The van der Waals surface area contributed by atoms with Crippen molar-refractivity contribution in [3.63, 3.8) is 0 Å². The summed E-state index contributed by atoms with van der Waals surface area (Å²) >= 11 is 0. The Labute approximate surface area is 167 Å². The molecule has 0 amide bonds. The molecule has 3 rings (SSSR count). The Bertz CT molecular complexity index is 863. The van der Waals surface area contributed by atoms with Crippen molar-refractivity contribution in [3.05, 3.63) is 40.2 Å². The molecule has 0 N–H and O–H groups in total. The van der Waals surface area contributed by atoms with Crippen LogP contribution in [0, 0.1) is 11.7 Å². The molecule has 1 saturated heterocycles. The Kier molecular flexibility index (Phi) is 6.83. The Hall–Kier alpha value is -1.79. The third-order valence-electron chi connectivity index (χ3n) is 5.55. The van der Waals surface area contributed by atoms with Crippen LogP contribution in [0.25, 0.3) is 10.9 Å². The summed E-state index contributed by atoms with van der Waals surface area (Å²) in [6.45, 7) is 11.1. The van der Waals surface area contributed by atoms with Gasteiger partial charge in [-0.1, -0.05) is 27.2 Å². The van der Waals surface area contributed by atoms with Crippen molar-refractivity contribution in [1.82, 2.24) is 19.4 Å². The third kappa shape index (κ3) is 4.61. The second kappa shape index (κ2) is 9.14. The summed E-state index contributed by atoms with van der Waals surface area (Å²) in [6.07, 6.45) is 3.10. The maximum Gasteiger partial charge on any atom is 0.261 e. The molecule has 0 aliphatic carbocycles. The number of hydrogen-bond acceptors (Lipinski definition) is 4. The summed E-state index contributed by atoms with van der Waals surface area (Å²) in [5.41, 5.74) is 0.468. The molecule has 0 spiro atoms. The van der Waals surface area contributed by atoms with E-state index in [1.807, 2.05) is 0 Å². The Balaban J connectivity index is 2.13.